The molecule has 0 spiro atoms. The van der Waals surface area contributed by atoms with E-state index in [1.54, 1.807) is 49.4 Å². The molecule has 0 N–H and O–H groups in total. The second kappa shape index (κ2) is 7.46. The van der Waals surface area contributed by atoms with Crippen molar-refractivity contribution in [2.45, 2.75) is 13.8 Å². The van der Waals surface area contributed by atoms with Gasteiger partial charge in [-0.25, -0.2) is 4.79 Å². The van der Waals surface area contributed by atoms with Crippen LogP contribution in [0.4, 0.5) is 0 Å². The molecule has 0 radical (unpaired) electrons. The van der Waals surface area contributed by atoms with Crippen LogP contribution < -0.4 is 14.2 Å². The van der Waals surface area contributed by atoms with Crippen LogP contribution in [0.5, 0.6) is 17.2 Å². The minimum Gasteiger partial charge on any atom is -0.493 e. The Kier molecular flexibility index (Phi) is 4.59. The van der Waals surface area contributed by atoms with Gasteiger partial charge in [-0.1, -0.05) is 12.1 Å². The molecule has 0 aliphatic carbocycles. The summed E-state index contributed by atoms with van der Waals surface area (Å²) in [6, 6.07) is 13.6. The monoisotopic (exact) mass is 430 g/mol. The van der Waals surface area contributed by atoms with Crippen molar-refractivity contribution < 1.29 is 32.6 Å². The first-order valence-electron chi connectivity index (χ1n) is 9.87. The lowest BCUT2D eigenvalue weighted by atomic mass is 10.0. The smallest absolute Gasteiger partial charge is 0.379 e. The Hall–Kier alpha value is -4.26. The van der Waals surface area contributed by atoms with Gasteiger partial charge >= 0.3 is 5.97 Å². The van der Waals surface area contributed by atoms with Gasteiger partial charge < -0.3 is 23.0 Å². The van der Waals surface area contributed by atoms with E-state index < -0.39 is 5.97 Å². The maximum Gasteiger partial charge on any atom is 0.379 e. The van der Waals surface area contributed by atoms with Crippen molar-refractivity contribution in [3.8, 4) is 17.2 Å². The van der Waals surface area contributed by atoms with Crippen molar-refractivity contribution in [1.82, 2.24) is 0 Å². The third kappa shape index (κ3) is 3.33. The molecular formula is C25H18O7. The molecule has 2 aromatic carbocycles. The third-order valence-electron chi connectivity index (χ3n) is 5.12. The van der Waals surface area contributed by atoms with Crippen molar-refractivity contribution >= 4 is 28.8 Å². The molecule has 32 heavy (non-hydrogen) atoms. The Morgan fingerprint density at radius 3 is 2.62 bits per heavy atom. The predicted octanol–water partition coefficient (Wildman–Crippen LogP) is 5.49. The summed E-state index contributed by atoms with van der Waals surface area (Å²) in [5.74, 6) is 1.58. The Balaban J connectivity index is 1.42. The zero-order valence-corrected chi connectivity index (χ0v) is 17.6. The fraction of sp³-hybridized carbons (Fsp3) is 0.120. The molecule has 2 aromatic heterocycles. The van der Waals surface area contributed by atoms with E-state index in [-0.39, 0.29) is 23.1 Å². The predicted molar refractivity (Wildman–Crippen MR) is 115 cm³/mol. The van der Waals surface area contributed by atoms with E-state index in [0.29, 0.717) is 34.0 Å². The van der Waals surface area contributed by atoms with E-state index in [2.05, 4.69) is 0 Å². The zero-order chi connectivity index (χ0) is 22.4. The molecule has 0 bridgehead atoms. The van der Waals surface area contributed by atoms with Gasteiger partial charge in [0.15, 0.2) is 17.1 Å². The lowest BCUT2D eigenvalue weighted by Gasteiger charge is -2.06. The van der Waals surface area contributed by atoms with Crippen LogP contribution in [0.1, 0.15) is 38.0 Å². The van der Waals surface area contributed by atoms with Crippen LogP contribution in [0, 0.1) is 13.8 Å². The van der Waals surface area contributed by atoms with E-state index in [4.69, 9.17) is 23.0 Å². The van der Waals surface area contributed by atoms with Gasteiger partial charge in [0.25, 0.3) is 0 Å². The van der Waals surface area contributed by atoms with Crippen molar-refractivity contribution in [2.75, 3.05) is 7.11 Å². The first kappa shape index (κ1) is 19.7. The number of furan rings is 2. The Morgan fingerprint density at radius 2 is 1.88 bits per heavy atom. The number of benzene rings is 2. The molecule has 1 aliphatic rings. The lowest BCUT2D eigenvalue weighted by Crippen LogP contribution is -2.07. The van der Waals surface area contributed by atoms with Gasteiger partial charge in [0, 0.05) is 17.5 Å². The highest BCUT2D eigenvalue weighted by Gasteiger charge is 2.31. The first-order chi connectivity index (χ1) is 15.4. The number of Topliss-reactive ketones (excluding diaryl/α,β-unsaturated/α-hetero) is 1. The van der Waals surface area contributed by atoms with Crippen molar-refractivity contribution in [1.29, 1.82) is 0 Å². The van der Waals surface area contributed by atoms with Gasteiger partial charge in [-0.15, -0.1) is 0 Å². The molecule has 0 fully saturated rings. The van der Waals surface area contributed by atoms with Crippen LogP contribution in [-0.2, 0) is 0 Å². The number of hydrogen-bond acceptors (Lipinski definition) is 7. The molecule has 160 valence electrons. The first-order valence-corrected chi connectivity index (χ1v) is 9.87. The van der Waals surface area contributed by atoms with Crippen LogP contribution in [0.3, 0.4) is 0 Å². The number of ketones is 1. The normalized spacial score (nSPS) is 14.0. The largest absolute Gasteiger partial charge is 0.493 e. The quantitative estimate of drug-likeness (QED) is 0.240. The highest BCUT2D eigenvalue weighted by Crippen LogP contribution is 2.38. The average molecular weight is 430 g/mol. The number of esters is 1. The molecule has 0 amide bonds. The van der Waals surface area contributed by atoms with Crippen LogP contribution >= 0.6 is 0 Å². The molecule has 0 atom stereocenters. The summed E-state index contributed by atoms with van der Waals surface area (Å²) in [7, 11) is 1.53. The molecule has 7 heteroatoms. The van der Waals surface area contributed by atoms with Gasteiger partial charge in [0.05, 0.1) is 12.7 Å². The summed E-state index contributed by atoms with van der Waals surface area (Å²) in [5.41, 5.74) is 1.51. The number of ether oxygens (including phenoxy) is 3. The summed E-state index contributed by atoms with van der Waals surface area (Å²) in [6.45, 7) is 3.57. The van der Waals surface area contributed by atoms with Crippen LogP contribution in [0.25, 0.3) is 17.0 Å². The van der Waals surface area contributed by atoms with Crippen molar-refractivity contribution in [2.24, 2.45) is 0 Å². The number of fused-ring (bicyclic) bond motifs is 2. The highest BCUT2D eigenvalue weighted by molar-refractivity contribution is 6.15. The van der Waals surface area contributed by atoms with Gasteiger partial charge in [-0.05, 0) is 49.7 Å². The van der Waals surface area contributed by atoms with Gasteiger partial charge in [-0.2, -0.15) is 0 Å². The van der Waals surface area contributed by atoms with Gasteiger partial charge in [0.1, 0.15) is 23.0 Å². The number of allylic oxidation sites excluding steroid dienone is 1. The number of aryl methyl sites for hydroxylation is 2. The molecule has 4 aromatic rings. The fourth-order valence-corrected chi connectivity index (χ4v) is 3.65. The van der Waals surface area contributed by atoms with Gasteiger partial charge in [-0.3, -0.25) is 4.79 Å². The standard InChI is InChI=1S/C25H18O7/c1-13-9-17(30-25(27)21-10-15-5-4-6-18(28-3)24(15)32-21)12-19-22(13)23(26)20(31-19)11-16-8-7-14(2)29-16/h4-12H,1-3H3/b20-11-. The van der Waals surface area contributed by atoms with E-state index >= 15 is 0 Å². The molecule has 7 nitrogen and oxygen atoms in total. The maximum atomic E-state index is 12.8. The zero-order valence-electron chi connectivity index (χ0n) is 17.6. The molecular weight excluding hydrogens is 412 g/mol. The van der Waals surface area contributed by atoms with E-state index in [0.717, 1.165) is 11.1 Å². The number of hydrogen-bond donors (Lipinski definition) is 0. The van der Waals surface area contributed by atoms with Crippen LogP contribution in [-0.4, -0.2) is 18.9 Å². The Labute approximate surface area is 182 Å². The van der Waals surface area contributed by atoms with Crippen LogP contribution in [0.15, 0.2) is 63.1 Å². The highest BCUT2D eigenvalue weighted by atomic mass is 16.6. The topological polar surface area (TPSA) is 88.1 Å². The maximum absolute atomic E-state index is 12.8. The lowest BCUT2D eigenvalue weighted by molar-refractivity contribution is 0.0703. The summed E-state index contributed by atoms with van der Waals surface area (Å²) in [6.07, 6.45) is 1.54. The SMILES string of the molecule is COc1cccc2cc(C(=O)Oc3cc(C)c4c(c3)O/C(=C\c3ccc(C)o3)C4=O)oc12. The second-order valence-corrected chi connectivity index (χ2v) is 7.38. The number of methoxy groups -OCH3 is 1. The number of carbonyl (C=O) groups excluding carboxylic acids is 2. The summed E-state index contributed by atoms with van der Waals surface area (Å²) in [4.78, 5) is 25.5. The van der Waals surface area contributed by atoms with Crippen molar-refractivity contribution in [3.63, 3.8) is 0 Å². The van der Waals surface area contributed by atoms with E-state index in [1.807, 2.05) is 13.0 Å². The number of rotatable bonds is 4. The van der Waals surface area contributed by atoms with Gasteiger partial charge in [0.2, 0.25) is 11.5 Å². The van der Waals surface area contributed by atoms with E-state index in [1.165, 1.54) is 13.2 Å². The Bertz CT molecular complexity index is 1420. The molecule has 1 aliphatic heterocycles. The molecule has 5 rings (SSSR count). The summed E-state index contributed by atoms with van der Waals surface area (Å²) in [5, 5.41) is 0.721. The van der Waals surface area contributed by atoms with Crippen LogP contribution in [0.2, 0.25) is 0 Å². The van der Waals surface area contributed by atoms with Crippen molar-refractivity contribution in [3.05, 3.63) is 82.7 Å². The Morgan fingerprint density at radius 1 is 1.03 bits per heavy atom. The molecule has 0 saturated heterocycles. The fourth-order valence-electron chi connectivity index (χ4n) is 3.65. The minimum atomic E-state index is -0.672. The number of carbonyl (C=O) groups is 2. The minimum absolute atomic E-state index is 0.0356. The van der Waals surface area contributed by atoms with E-state index in [9.17, 15) is 9.59 Å². The molecule has 0 unspecified atom stereocenters. The summed E-state index contributed by atoms with van der Waals surface area (Å²) >= 11 is 0. The summed E-state index contributed by atoms with van der Waals surface area (Å²) < 4.78 is 27.6. The molecule has 0 saturated carbocycles. The molecule has 3 heterocycles. The third-order valence-corrected chi connectivity index (χ3v) is 5.12. The number of para-hydroxylation sites is 1. The average Bonchev–Trinajstić information content (AvgIpc) is 3.45. The second-order valence-electron chi connectivity index (χ2n) is 7.38.